The van der Waals surface area contributed by atoms with Crippen LogP contribution in [0, 0.1) is 0 Å². The number of nitrogen functional groups attached to an aromatic ring is 1. The first-order chi connectivity index (χ1) is 12.5. The molecule has 3 aromatic rings. The zero-order valence-corrected chi connectivity index (χ0v) is 14.3. The highest BCUT2D eigenvalue weighted by Crippen LogP contribution is 2.33. The molecule has 0 aliphatic rings. The van der Waals surface area contributed by atoms with Gasteiger partial charge >= 0.3 is 0 Å². The predicted molar refractivity (Wildman–Crippen MR) is 97.6 cm³/mol. The number of aliphatic hydroxyl groups excluding tert-OH is 1. The summed E-state index contributed by atoms with van der Waals surface area (Å²) in [5.41, 5.74) is 6.69. The normalized spacial score (nSPS) is 12.0. The SMILES string of the molecule is COc1cc2nc(NCC(O)c3cccc(=O)[nH]3)nc(N)c2cc1OC. The minimum absolute atomic E-state index is 0.0954. The zero-order valence-electron chi connectivity index (χ0n) is 14.3. The van der Waals surface area contributed by atoms with E-state index in [1.54, 1.807) is 24.3 Å². The number of benzene rings is 1. The minimum atomic E-state index is -0.935. The Kier molecular flexibility index (Phi) is 4.90. The summed E-state index contributed by atoms with van der Waals surface area (Å²) in [6.07, 6.45) is -0.935. The molecule has 0 bridgehead atoms. The van der Waals surface area contributed by atoms with Gasteiger partial charge in [-0.1, -0.05) is 6.07 Å². The Morgan fingerprint density at radius 2 is 1.96 bits per heavy atom. The second-order valence-corrected chi connectivity index (χ2v) is 5.52. The van der Waals surface area contributed by atoms with Gasteiger partial charge in [0.05, 0.1) is 19.7 Å². The van der Waals surface area contributed by atoms with Crippen molar-refractivity contribution in [3.05, 3.63) is 46.4 Å². The molecule has 0 aliphatic carbocycles. The van der Waals surface area contributed by atoms with E-state index in [-0.39, 0.29) is 23.9 Å². The maximum absolute atomic E-state index is 11.3. The van der Waals surface area contributed by atoms with Crippen LogP contribution >= 0.6 is 0 Å². The second kappa shape index (κ2) is 7.28. The molecule has 3 rings (SSSR count). The quantitative estimate of drug-likeness (QED) is 0.514. The topological polar surface area (TPSA) is 135 Å². The Morgan fingerprint density at radius 3 is 2.65 bits per heavy atom. The molecule has 2 aromatic heterocycles. The van der Waals surface area contributed by atoms with Crippen LogP contribution in [0.25, 0.3) is 10.9 Å². The van der Waals surface area contributed by atoms with Gasteiger partial charge in [-0.25, -0.2) is 4.98 Å². The maximum atomic E-state index is 11.3. The van der Waals surface area contributed by atoms with Crippen molar-refractivity contribution in [3.8, 4) is 11.5 Å². The van der Waals surface area contributed by atoms with Crippen molar-refractivity contribution in [2.24, 2.45) is 0 Å². The largest absolute Gasteiger partial charge is 0.493 e. The Morgan fingerprint density at radius 1 is 1.23 bits per heavy atom. The molecule has 2 heterocycles. The standard InChI is InChI=1S/C17H19N5O4/c1-25-13-6-9-11(7-14(13)26-2)21-17(22-16(9)18)19-8-12(23)10-4-3-5-15(24)20-10/h3-7,12,23H,8H2,1-2H3,(H,20,24)(H3,18,19,21,22). The Hall–Kier alpha value is -3.33. The number of nitrogens with two attached hydrogens (primary N) is 1. The summed E-state index contributed by atoms with van der Waals surface area (Å²) in [5, 5.41) is 13.7. The molecule has 0 aliphatic heterocycles. The highest BCUT2D eigenvalue weighted by atomic mass is 16.5. The van der Waals surface area contributed by atoms with E-state index in [9.17, 15) is 9.90 Å². The first-order valence-corrected chi connectivity index (χ1v) is 7.82. The number of methoxy groups -OCH3 is 2. The fourth-order valence-electron chi connectivity index (χ4n) is 2.52. The molecule has 0 amide bonds. The Bertz CT molecular complexity index is 989. The van der Waals surface area contributed by atoms with Crippen LogP contribution in [0.3, 0.4) is 0 Å². The summed E-state index contributed by atoms with van der Waals surface area (Å²) in [6.45, 7) is 0.0954. The number of aromatic nitrogens is 3. The molecule has 1 atom stereocenters. The number of fused-ring (bicyclic) bond motifs is 1. The van der Waals surface area contributed by atoms with Crippen LogP contribution < -0.4 is 26.1 Å². The van der Waals surface area contributed by atoms with E-state index in [1.165, 1.54) is 20.3 Å². The lowest BCUT2D eigenvalue weighted by atomic mass is 10.2. The van der Waals surface area contributed by atoms with Crippen molar-refractivity contribution >= 4 is 22.7 Å². The van der Waals surface area contributed by atoms with E-state index < -0.39 is 6.10 Å². The van der Waals surface area contributed by atoms with Gasteiger partial charge < -0.3 is 30.6 Å². The van der Waals surface area contributed by atoms with Crippen LogP contribution in [0.5, 0.6) is 11.5 Å². The summed E-state index contributed by atoms with van der Waals surface area (Å²) < 4.78 is 10.5. The van der Waals surface area contributed by atoms with Gasteiger partial charge in [0.1, 0.15) is 11.9 Å². The molecule has 0 fully saturated rings. The third kappa shape index (κ3) is 3.52. The van der Waals surface area contributed by atoms with Crippen molar-refractivity contribution in [2.75, 3.05) is 31.8 Å². The Balaban J connectivity index is 1.85. The molecule has 9 heteroatoms. The number of pyridine rings is 1. The molecule has 9 nitrogen and oxygen atoms in total. The number of hydrogen-bond acceptors (Lipinski definition) is 8. The van der Waals surface area contributed by atoms with Crippen molar-refractivity contribution in [1.82, 2.24) is 15.0 Å². The molecule has 1 aromatic carbocycles. The van der Waals surface area contributed by atoms with Gasteiger partial charge in [-0.3, -0.25) is 4.79 Å². The monoisotopic (exact) mass is 357 g/mol. The molecule has 5 N–H and O–H groups in total. The van der Waals surface area contributed by atoms with Gasteiger partial charge in [-0.2, -0.15) is 4.98 Å². The number of anilines is 2. The molecule has 0 saturated heterocycles. The van der Waals surface area contributed by atoms with E-state index in [0.29, 0.717) is 28.1 Å². The van der Waals surface area contributed by atoms with Crippen molar-refractivity contribution in [2.45, 2.75) is 6.10 Å². The molecular formula is C17H19N5O4. The number of nitrogens with zero attached hydrogens (tertiary/aromatic N) is 2. The van der Waals surface area contributed by atoms with E-state index >= 15 is 0 Å². The number of hydrogen-bond donors (Lipinski definition) is 4. The van der Waals surface area contributed by atoms with Gasteiger partial charge in [0.25, 0.3) is 0 Å². The number of aromatic amines is 1. The average molecular weight is 357 g/mol. The first-order valence-electron chi connectivity index (χ1n) is 7.82. The van der Waals surface area contributed by atoms with E-state index in [1.807, 2.05) is 0 Å². The van der Waals surface area contributed by atoms with E-state index in [4.69, 9.17) is 15.2 Å². The predicted octanol–water partition coefficient (Wildman–Crippen LogP) is 1.06. The fourth-order valence-corrected chi connectivity index (χ4v) is 2.52. The highest BCUT2D eigenvalue weighted by Gasteiger charge is 2.13. The van der Waals surface area contributed by atoms with Crippen LogP contribution in [-0.4, -0.2) is 40.8 Å². The van der Waals surface area contributed by atoms with Crippen molar-refractivity contribution in [1.29, 1.82) is 0 Å². The second-order valence-electron chi connectivity index (χ2n) is 5.52. The number of ether oxygens (including phenoxy) is 2. The van der Waals surface area contributed by atoms with Crippen molar-refractivity contribution in [3.63, 3.8) is 0 Å². The van der Waals surface area contributed by atoms with Crippen LogP contribution in [0.2, 0.25) is 0 Å². The fraction of sp³-hybridized carbons (Fsp3) is 0.235. The molecule has 0 radical (unpaired) electrons. The van der Waals surface area contributed by atoms with Gasteiger partial charge in [0.15, 0.2) is 11.5 Å². The molecular weight excluding hydrogens is 338 g/mol. The highest BCUT2D eigenvalue weighted by molar-refractivity contribution is 5.91. The number of aliphatic hydroxyl groups is 1. The summed E-state index contributed by atoms with van der Waals surface area (Å²) in [5.74, 6) is 1.56. The van der Waals surface area contributed by atoms with Crippen LogP contribution in [0.4, 0.5) is 11.8 Å². The third-order valence-corrected chi connectivity index (χ3v) is 3.83. The summed E-state index contributed by atoms with van der Waals surface area (Å²) in [4.78, 5) is 22.5. The first kappa shape index (κ1) is 17.5. The third-order valence-electron chi connectivity index (χ3n) is 3.83. The summed E-state index contributed by atoms with van der Waals surface area (Å²) in [6, 6.07) is 7.97. The maximum Gasteiger partial charge on any atom is 0.248 e. The lowest BCUT2D eigenvalue weighted by Crippen LogP contribution is -2.18. The minimum Gasteiger partial charge on any atom is -0.493 e. The lowest BCUT2D eigenvalue weighted by Gasteiger charge is -2.14. The van der Waals surface area contributed by atoms with E-state index in [0.717, 1.165) is 0 Å². The van der Waals surface area contributed by atoms with Crippen LogP contribution in [-0.2, 0) is 0 Å². The molecule has 136 valence electrons. The van der Waals surface area contributed by atoms with Gasteiger partial charge in [0.2, 0.25) is 11.5 Å². The van der Waals surface area contributed by atoms with Crippen LogP contribution in [0.15, 0.2) is 35.1 Å². The van der Waals surface area contributed by atoms with Gasteiger partial charge in [-0.15, -0.1) is 0 Å². The number of nitrogens with one attached hydrogen (secondary N) is 2. The average Bonchev–Trinajstić information content (AvgIpc) is 2.65. The smallest absolute Gasteiger partial charge is 0.248 e. The molecule has 0 saturated carbocycles. The Labute approximate surface area is 148 Å². The van der Waals surface area contributed by atoms with Gasteiger partial charge in [0, 0.05) is 29.8 Å². The number of rotatable bonds is 6. The number of H-pyrrole nitrogens is 1. The molecule has 26 heavy (non-hydrogen) atoms. The molecule has 1 unspecified atom stereocenters. The van der Waals surface area contributed by atoms with Crippen molar-refractivity contribution < 1.29 is 14.6 Å². The summed E-state index contributed by atoms with van der Waals surface area (Å²) >= 11 is 0. The van der Waals surface area contributed by atoms with E-state index in [2.05, 4.69) is 20.3 Å². The zero-order chi connectivity index (χ0) is 18.7. The molecule has 0 spiro atoms. The lowest BCUT2D eigenvalue weighted by molar-refractivity contribution is 0.186. The van der Waals surface area contributed by atoms with Gasteiger partial charge in [-0.05, 0) is 12.1 Å². The van der Waals surface area contributed by atoms with Crippen LogP contribution in [0.1, 0.15) is 11.8 Å². The summed E-state index contributed by atoms with van der Waals surface area (Å²) in [7, 11) is 3.07.